The molecular weight excluding hydrogens is 212 g/mol. The van der Waals surface area contributed by atoms with Crippen LogP contribution in [-0.4, -0.2) is 36.5 Å². The van der Waals surface area contributed by atoms with Gasteiger partial charge < -0.3 is 10.2 Å². The molecule has 0 aliphatic heterocycles. The van der Waals surface area contributed by atoms with Crippen LogP contribution in [0.5, 0.6) is 0 Å². The van der Waals surface area contributed by atoms with E-state index in [2.05, 4.69) is 26.1 Å². The molecule has 0 heterocycles. The second-order valence-electron chi connectivity index (χ2n) is 5.84. The fraction of sp³-hybridized carbons (Fsp3) is 0.929. The van der Waals surface area contributed by atoms with Crippen molar-refractivity contribution in [3.05, 3.63) is 0 Å². The van der Waals surface area contributed by atoms with Crippen LogP contribution in [0.4, 0.5) is 0 Å². The van der Waals surface area contributed by atoms with Crippen LogP contribution in [-0.2, 0) is 4.79 Å². The van der Waals surface area contributed by atoms with Gasteiger partial charge in [-0.2, -0.15) is 0 Å². The summed E-state index contributed by atoms with van der Waals surface area (Å²) in [6.45, 7) is 7.18. The summed E-state index contributed by atoms with van der Waals surface area (Å²) in [6, 6.07) is 0.978. The Kier molecular flexibility index (Phi) is 5.96. The molecule has 1 rings (SSSR count). The summed E-state index contributed by atoms with van der Waals surface area (Å²) in [5, 5.41) is 3.33. The summed E-state index contributed by atoms with van der Waals surface area (Å²) >= 11 is 0. The smallest absolute Gasteiger partial charge is 0.236 e. The van der Waals surface area contributed by atoms with E-state index in [1.807, 2.05) is 11.9 Å². The van der Waals surface area contributed by atoms with Crippen LogP contribution in [0, 0.1) is 5.92 Å². The van der Waals surface area contributed by atoms with Gasteiger partial charge in [-0.25, -0.2) is 0 Å². The van der Waals surface area contributed by atoms with Crippen LogP contribution in [0.3, 0.4) is 0 Å². The maximum atomic E-state index is 11.8. The first kappa shape index (κ1) is 14.5. The topological polar surface area (TPSA) is 32.3 Å². The Morgan fingerprint density at radius 2 is 1.94 bits per heavy atom. The molecule has 0 spiro atoms. The van der Waals surface area contributed by atoms with Gasteiger partial charge in [-0.15, -0.1) is 0 Å². The summed E-state index contributed by atoms with van der Waals surface area (Å²) < 4.78 is 0. The molecule has 0 bridgehead atoms. The number of rotatable bonds is 8. The Morgan fingerprint density at radius 1 is 1.29 bits per heavy atom. The number of carbonyl (C=O) groups excluding carboxylic acids is 1. The monoisotopic (exact) mass is 240 g/mol. The van der Waals surface area contributed by atoms with Gasteiger partial charge in [0.1, 0.15) is 0 Å². The van der Waals surface area contributed by atoms with Crippen molar-refractivity contribution in [3.63, 3.8) is 0 Å². The van der Waals surface area contributed by atoms with E-state index in [0.29, 0.717) is 18.6 Å². The molecule has 1 saturated carbocycles. The van der Waals surface area contributed by atoms with Gasteiger partial charge in [0.2, 0.25) is 5.91 Å². The molecule has 1 amide bonds. The highest BCUT2D eigenvalue weighted by Gasteiger charge is 2.29. The van der Waals surface area contributed by atoms with Crippen molar-refractivity contribution in [2.24, 2.45) is 5.92 Å². The third kappa shape index (κ3) is 6.06. The van der Waals surface area contributed by atoms with Crippen LogP contribution in [0.2, 0.25) is 0 Å². The minimum atomic E-state index is 0.239. The molecule has 100 valence electrons. The number of hydrogen-bond donors (Lipinski definition) is 1. The van der Waals surface area contributed by atoms with Crippen molar-refractivity contribution in [1.82, 2.24) is 10.2 Å². The number of carbonyl (C=O) groups is 1. The summed E-state index contributed by atoms with van der Waals surface area (Å²) in [7, 11) is 1.92. The van der Waals surface area contributed by atoms with Gasteiger partial charge in [-0.05, 0) is 32.1 Å². The largest absolute Gasteiger partial charge is 0.342 e. The van der Waals surface area contributed by atoms with Crippen molar-refractivity contribution in [2.45, 2.75) is 65.0 Å². The molecule has 17 heavy (non-hydrogen) atoms. The molecule has 1 N–H and O–H groups in total. The Morgan fingerprint density at radius 3 is 2.47 bits per heavy atom. The molecule has 3 nitrogen and oxygen atoms in total. The summed E-state index contributed by atoms with van der Waals surface area (Å²) in [6.07, 6.45) is 6.07. The lowest BCUT2D eigenvalue weighted by molar-refractivity contribution is -0.129. The predicted molar refractivity (Wildman–Crippen MR) is 71.9 cm³/mol. The van der Waals surface area contributed by atoms with Gasteiger partial charge in [-0.1, -0.05) is 26.7 Å². The van der Waals surface area contributed by atoms with Crippen molar-refractivity contribution >= 4 is 5.91 Å². The quantitative estimate of drug-likeness (QED) is 0.706. The van der Waals surface area contributed by atoms with Crippen LogP contribution >= 0.6 is 0 Å². The van der Waals surface area contributed by atoms with Crippen molar-refractivity contribution in [2.75, 3.05) is 13.6 Å². The minimum absolute atomic E-state index is 0.239. The van der Waals surface area contributed by atoms with Gasteiger partial charge >= 0.3 is 0 Å². The highest BCUT2D eigenvalue weighted by atomic mass is 16.2. The van der Waals surface area contributed by atoms with Gasteiger partial charge in [0.05, 0.1) is 6.54 Å². The normalized spacial score (nSPS) is 17.2. The molecule has 0 aromatic carbocycles. The number of nitrogens with one attached hydrogen (secondary N) is 1. The zero-order valence-electron chi connectivity index (χ0n) is 11.8. The van der Waals surface area contributed by atoms with Crippen LogP contribution in [0.15, 0.2) is 0 Å². The Hall–Kier alpha value is -0.570. The van der Waals surface area contributed by atoms with E-state index in [1.165, 1.54) is 32.1 Å². The summed E-state index contributed by atoms with van der Waals surface area (Å²) in [4.78, 5) is 13.7. The second-order valence-corrected chi connectivity index (χ2v) is 5.84. The molecular formula is C14H28N2O. The fourth-order valence-electron chi connectivity index (χ4n) is 1.99. The lowest BCUT2D eigenvalue weighted by atomic mass is 10.0. The van der Waals surface area contributed by atoms with Crippen LogP contribution < -0.4 is 5.32 Å². The zero-order chi connectivity index (χ0) is 12.8. The number of amides is 1. The van der Waals surface area contributed by atoms with E-state index in [-0.39, 0.29) is 5.91 Å². The second kappa shape index (κ2) is 7.00. The van der Waals surface area contributed by atoms with Crippen molar-refractivity contribution in [3.8, 4) is 0 Å². The molecule has 1 atom stereocenters. The lowest BCUT2D eigenvalue weighted by Gasteiger charge is -2.19. The Labute approximate surface area is 106 Å². The standard InChI is InChI=1S/C14H28N2O/c1-11(2)6-5-7-12(3)15-10-14(17)16(4)13-8-9-13/h11-13,15H,5-10H2,1-4H3. The summed E-state index contributed by atoms with van der Waals surface area (Å²) in [5.41, 5.74) is 0. The van der Waals surface area contributed by atoms with Crippen LogP contribution in [0.1, 0.15) is 52.9 Å². The fourth-order valence-corrected chi connectivity index (χ4v) is 1.99. The van der Waals surface area contributed by atoms with E-state index in [1.54, 1.807) is 0 Å². The van der Waals surface area contributed by atoms with Gasteiger partial charge in [0.15, 0.2) is 0 Å². The molecule has 1 fully saturated rings. The molecule has 3 heteroatoms. The molecule has 0 radical (unpaired) electrons. The highest BCUT2D eigenvalue weighted by molar-refractivity contribution is 5.78. The number of nitrogens with zero attached hydrogens (tertiary/aromatic N) is 1. The number of hydrogen-bond acceptors (Lipinski definition) is 2. The Bertz CT molecular complexity index is 236. The molecule has 1 unspecified atom stereocenters. The Balaban J connectivity index is 2.05. The first-order valence-corrected chi connectivity index (χ1v) is 6.99. The lowest BCUT2D eigenvalue weighted by Crippen LogP contribution is -2.40. The first-order valence-electron chi connectivity index (χ1n) is 6.99. The SMILES string of the molecule is CC(C)CCCC(C)NCC(=O)N(C)C1CC1. The third-order valence-electron chi connectivity index (χ3n) is 3.51. The van der Waals surface area contributed by atoms with Gasteiger partial charge in [0.25, 0.3) is 0 Å². The molecule has 0 aromatic heterocycles. The summed E-state index contributed by atoms with van der Waals surface area (Å²) in [5.74, 6) is 1.02. The van der Waals surface area contributed by atoms with Crippen molar-refractivity contribution < 1.29 is 4.79 Å². The molecule has 0 aromatic rings. The van der Waals surface area contributed by atoms with E-state index < -0.39 is 0 Å². The predicted octanol–water partition coefficient (Wildman–Crippen LogP) is 2.41. The van der Waals surface area contributed by atoms with Gasteiger partial charge in [-0.3, -0.25) is 4.79 Å². The van der Waals surface area contributed by atoms with Crippen LogP contribution in [0.25, 0.3) is 0 Å². The maximum absolute atomic E-state index is 11.8. The average molecular weight is 240 g/mol. The van der Waals surface area contributed by atoms with Crippen molar-refractivity contribution in [1.29, 1.82) is 0 Å². The molecule has 1 aliphatic carbocycles. The third-order valence-corrected chi connectivity index (χ3v) is 3.51. The first-order chi connectivity index (χ1) is 8.00. The molecule has 0 saturated heterocycles. The minimum Gasteiger partial charge on any atom is -0.342 e. The maximum Gasteiger partial charge on any atom is 0.236 e. The van der Waals surface area contributed by atoms with Gasteiger partial charge in [0, 0.05) is 19.1 Å². The van der Waals surface area contributed by atoms with E-state index in [9.17, 15) is 4.79 Å². The highest BCUT2D eigenvalue weighted by Crippen LogP contribution is 2.25. The average Bonchev–Trinajstić information content (AvgIpc) is 3.08. The van der Waals surface area contributed by atoms with E-state index >= 15 is 0 Å². The van der Waals surface area contributed by atoms with E-state index in [4.69, 9.17) is 0 Å². The molecule has 1 aliphatic rings. The number of likely N-dealkylation sites (N-methyl/N-ethyl adjacent to an activating group) is 1. The zero-order valence-corrected chi connectivity index (χ0v) is 11.8. The van der Waals surface area contributed by atoms with E-state index in [0.717, 1.165) is 5.92 Å².